The molecule has 2 aliphatic rings. The van der Waals surface area contributed by atoms with Crippen molar-refractivity contribution in [3.63, 3.8) is 0 Å². The summed E-state index contributed by atoms with van der Waals surface area (Å²) in [5.41, 5.74) is 2.02. The van der Waals surface area contributed by atoms with Gasteiger partial charge in [-0.1, -0.05) is 43.3 Å². The molecule has 0 radical (unpaired) electrons. The van der Waals surface area contributed by atoms with E-state index in [0.717, 1.165) is 36.8 Å². The van der Waals surface area contributed by atoms with Crippen molar-refractivity contribution in [2.24, 2.45) is 17.8 Å². The molecule has 2 atom stereocenters. The summed E-state index contributed by atoms with van der Waals surface area (Å²) in [6.45, 7) is 5.23. The van der Waals surface area contributed by atoms with Crippen LogP contribution in [0.5, 0.6) is 5.75 Å². The highest BCUT2D eigenvalue weighted by Gasteiger charge is 2.31. The van der Waals surface area contributed by atoms with Gasteiger partial charge in [-0.2, -0.15) is 4.39 Å². The maximum atomic E-state index is 14.6. The molecule has 0 aromatic heterocycles. The fourth-order valence-electron chi connectivity index (χ4n) is 5.44. The summed E-state index contributed by atoms with van der Waals surface area (Å²) in [4.78, 5) is 0. The number of hydrogen-bond acceptors (Lipinski definition) is 2. The van der Waals surface area contributed by atoms with Crippen LogP contribution >= 0.6 is 0 Å². The van der Waals surface area contributed by atoms with Gasteiger partial charge in [0.1, 0.15) is 0 Å². The van der Waals surface area contributed by atoms with E-state index >= 15 is 0 Å². The Bertz CT molecular complexity index is 921. The molecule has 2 unspecified atom stereocenters. The molecule has 1 saturated heterocycles. The molecule has 1 aliphatic heterocycles. The molecular formula is C29H36F2O2. The van der Waals surface area contributed by atoms with Crippen molar-refractivity contribution in [2.45, 2.75) is 64.9 Å². The van der Waals surface area contributed by atoms with Crippen LogP contribution in [-0.2, 0) is 4.74 Å². The van der Waals surface area contributed by atoms with Crippen molar-refractivity contribution in [1.82, 2.24) is 0 Å². The van der Waals surface area contributed by atoms with E-state index in [1.54, 1.807) is 6.07 Å². The number of ether oxygens (including phenoxy) is 2. The Balaban J connectivity index is 1.35. The Labute approximate surface area is 197 Å². The van der Waals surface area contributed by atoms with Gasteiger partial charge in [0.15, 0.2) is 11.6 Å². The predicted octanol–water partition coefficient (Wildman–Crippen LogP) is 8.27. The van der Waals surface area contributed by atoms with Crippen molar-refractivity contribution < 1.29 is 18.3 Å². The normalized spacial score (nSPS) is 25.9. The molecule has 4 heteroatoms. The van der Waals surface area contributed by atoms with Gasteiger partial charge in [0.05, 0.1) is 19.3 Å². The minimum absolute atomic E-state index is 0.0322. The van der Waals surface area contributed by atoms with Crippen LogP contribution in [0.1, 0.15) is 70.5 Å². The lowest BCUT2D eigenvalue weighted by molar-refractivity contribution is -0.0395. The van der Waals surface area contributed by atoms with E-state index in [0.29, 0.717) is 18.1 Å². The van der Waals surface area contributed by atoms with E-state index in [-0.39, 0.29) is 17.4 Å². The standard InChI is InChI=1S/C29H36F2O2/c1-3-5-20-6-8-21(9-7-20)24-14-16-26(33-19-24)23-12-10-22(11-13-23)25-15-17-27(32-18-4-2)29(31)28(25)30/h3,5,10-13,15,17,20-21,24,26H,4,6-9,14,16,18-19H2,1-2H3/b5-3+. The maximum Gasteiger partial charge on any atom is 0.201 e. The second-order valence-corrected chi connectivity index (χ2v) is 9.57. The molecule has 0 spiro atoms. The molecule has 2 nitrogen and oxygen atoms in total. The van der Waals surface area contributed by atoms with E-state index < -0.39 is 11.6 Å². The number of rotatable bonds is 7. The van der Waals surface area contributed by atoms with Gasteiger partial charge < -0.3 is 9.47 Å². The quantitative estimate of drug-likeness (QED) is 0.392. The van der Waals surface area contributed by atoms with Crippen LogP contribution in [0.15, 0.2) is 48.6 Å². The number of allylic oxidation sites excluding steroid dienone is 2. The monoisotopic (exact) mass is 454 g/mol. The van der Waals surface area contributed by atoms with Crippen LogP contribution in [0, 0.1) is 29.4 Å². The lowest BCUT2D eigenvalue weighted by Gasteiger charge is -2.37. The fourth-order valence-corrected chi connectivity index (χ4v) is 5.44. The fraction of sp³-hybridized carbons (Fsp3) is 0.517. The third-order valence-electron chi connectivity index (χ3n) is 7.36. The third kappa shape index (κ3) is 5.66. The molecule has 1 heterocycles. The summed E-state index contributed by atoms with van der Waals surface area (Å²) in [6, 6.07) is 10.8. The van der Waals surface area contributed by atoms with Crippen LogP contribution in [0.3, 0.4) is 0 Å². The zero-order chi connectivity index (χ0) is 23.2. The molecule has 0 amide bonds. The van der Waals surface area contributed by atoms with Gasteiger partial charge in [-0.05, 0) is 92.9 Å². The largest absolute Gasteiger partial charge is 0.490 e. The first-order valence-corrected chi connectivity index (χ1v) is 12.6. The highest BCUT2D eigenvalue weighted by molar-refractivity contribution is 5.65. The molecule has 4 rings (SSSR count). The minimum atomic E-state index is -0.925. The van der Waals surface area contributed by atoms with Crippen molar-refractivity contribution in [3.8, 4) is 16.9 Å². The Morgan fingerprint density at radius 3 is 2.27 bits per heavy atom. The van der Waals surface area contributed by atoms with Gasteiger partial charge in [-0.15, -0.1) is 0 Å². The number of benzene rings is 2. The molecule has 178 valence electrons. The highest BCUT2D eigenvalue weighted by Crippen LogP contribution is 2.41. The van der Waals surface area contributed by atoms with E-state index in [1.807, 2.05) is 31.2 Å². The average molecular weight is 455 g/mol. The Morgan fingerprint density at radius 2 is 1.64 bits per heavy atom. The van der Waals surface area contributed by atoms with Crippen LogP contribution in [0.4, 0.5) is 8.78 Å². The van der Waals surface area contributed by atoms with Crippen molar-refractivity contribution in [3.05, 3.63) is 65.7 Å². The summed E-state index contributed by atoms with van der Waals surface area (Å²) in [6.07, 6.45) is 12.8. The van der Waals surface area contributed by atoms with Gasteiger partial charge in [0, 0.05) is 5.56 Å². The predicted molar refractivity (Wildman–Crippen MR) is 129 cm³/mol. The van der Waals surface area contributed by atoms with Gasteiger partial charge in [0.25, 0.3) is 0 Å². The van der Waals surface area contributed by atoms with Gasteiger partial charge in [-0.3, -0.25) is 0 Å². The molecule has 2 aromatic carbocycles. The van der Waals surface area contributed by atoms with E-state index in [1.165, 1.54) is 38.2 Å². The van der Waals surface area contributed by atoms with Crippen molar-refractivity contribution in [1.29, 1.82) is 0 Å². The molecule has 0 bridgehead atoms. The smallest absolute Gasteiger partial charge is 0.201 e. The Morgan fingerprint density at radius 1 is 0.909 bits per heavy atom. The van der Waals surface area contributed by atoms with Crippen LogP contribution in [-0.4, -0.2) is 13.2 Å². The lowest BCUT2D eigenvalue weighted by Crippen LogP contribution is -2.29. The van der Waals surface area contributed by atoms with Gasteiger partial charge >= 0.3 is 0 Å². The van der Waals surface area contributed by atoms with Crippen LogP contribution in [0.2, 0.25) is 0 Å². The van der Waals surface area contributed by atoms with E-state index in [2.05, 4.69) is 19.1 Å². The summed E-state index contributed by atoms with van der Waals surface area (Å²) < 4.78 is 40.6. The summed E-state index contributed by atoms with van der Waals surface area (Å²) in [5.74, 6) is 0.397. The summed E-state index contributed by atoms with van der Waals surface area (Å²) in [5, 5.41) is 0. The number of hydrogen-bond donors (Lipinski definition) is 0. The number of halogens is 2. The molecule has 0 N–H and O–H groups in total. The second-order valence-electron chi connectivity index (χ2n) is 9.57. The zero-order valence-corrected chi connectivity index (χ0v) is 19.9. The highest BCUT2D eigenvalue weighted by atomic mass is 19.2. The SMILES string of the molecule is C/C=C/C1CCC(C2CCC(c3ccc(-c4ccc(OCCC)c(F)c4F)cc3)OC2)CC1. The van der Waals surface area contributed by atoms with E-state index in [4.69, 9.17) is 9.47 Å². The summed E-state index contributed by atoms with van der Waals surface area (Å²) >= 11 is 0. The topological polar surface area (TPSA) is 18.5 Å². The van der Waals surface area contributed by atoms with Crippen molar-refractivity contribution >= 4 is 0 Å². The molecule has 2 fully saturated rings. The molecule has 1 saturated carbocycles. The minimum Gasteiger partial charge on any atom is -0.490 e. The zero-order valence-electron chi connectivity index (χ0n) is 19.9. The first-order valence-electron chi connectivity index (χ1n) is 12.6. The van der Waals surface area contributed by atoms with Crippen LogP contribution < -0.4 is 4.74 Å². The van der Waals surface area contributed by atoms with Crippen molar-refractivity contribution in [2.75, 3.05) is 13.2 Å². The van der Waals surface area contributed by atoms with Gasteiger partial charge in [0.2, 0.25) is 5.82 Å². The van der Waals surface area contributed by atoms with Crippen LogP contribution in [0.25, 0.3) is 11.1 Å². The molecular weight excluding hydrogens is 418 g/mol. The first kappa shape index (κ1) is 23.9. The lowest BCUT2D eigenvalue weighted by atomic mass is 9.73. The molecule has 33 heavy (non-hydrogen) atoms. The average Bonchev–Trinajstić information content (AvgIpc) is 2.86. The van der Waals surface area contributed by atoms with E-state index in [9.17, 15) is 8.78 Å². The molecule has 2 aromatic rings. The summed E-state index contributed by atoms with van der Waals surface area (Å²) in [7, 11) is 0. The maximum absolute atomic E-state index is 14.6. The van der Waals surface area contributed by atoms with Gasteiger partial charge in [-0.25, -0.2) is 4.39 Å². The molecule has 1 aliphatic carbocycles. The Hall–Kier alpha value is -2.20. The Kier molecular flexibility index (Phi) is 8.19. The first-order chi connectivity index (χ1) is 16.1. The second kappa shape index (κ2) is 11.3. The third-order valence-corrected chi connectivity index (χ3v) is 7.36.